The summed E-state index contributed by atoms with van der Waals surface area (Å²) in [6.45, 7) is 3.98. The van der Waals surface area contributed by atoms with Crippen LogP contribution < -0.4 is 10.1 Å². The SMILES string of the molecule is COc1cc(-c2cnc3cc(C4CCNCC4)sc3n2)nn2nc(C)nc12. The van der Waals surface area contributed by atoms with Crippen molar-refractivity contribution in [2.24, 2.45) is 0 Å². The molecule has 0 aliphatic carbocycles. The number of nitrogens with one attached hydrogen (secondary N) is 1. The Labute approximate surface area is 159 Å². The molecule has 1 saturated heterocycles. The minimum atomic E-state index is 0.595. The molecular weight excluding hydrogens is 362 g/mol. The van der Waals surface area contributed by atoms with Gasteiger partial charge in [0.25, 0.3) is 0 Å². The Hall–Kier alpha value is -2.65. The zero-order valence-electron chi connectivity index (χ0n) is 15.1. The first-order valence-electron chi connectivity index (χ1n) is 8.97. The van der Waals surface area contributed by atoms with Gasteiger partial charge in [-0.15, -0.1) is 26.2 Å². The van der Waals surface area contributed by atoms with Crippen molar-refractivity contribution in [1.29, 1.82) is 0 Å². The number of nitrogens with zero attached hydrogens (tertiary/aromatic N) is 6. The third-order valence-electron chi connectivity index (χ3n) is 4.87. The van der Waals surface area contributed by atoms with Gasteiger partial charge in [-0.3, -0.25) is 4.98 Å². The Kier molecular flexibility index (Phi) is 3.98. The van der Waals surface area contributed by atoms with Gasteiger partial charge in [-0.2, -0.15) is 0 Å². The van der Waals surface area contributed by atoms with E-state index < -0.39 is 0 Å². The van der Waals surface area contributed by atoms with Crippen molar-refractivity contribution in [2.75, 3.05) is 20.2 Å². The van der Waals surface area contributed by atoms with E-state index in [1.165, 1.54) is 22.3 Å². The van der Waals surface area contributed by atoms with E-state index in [-0.39, 0.29) is 0 Å². The van der Waals surface area contributed by atoms with Gasteiger partial charge < -0.3 is 10.1 Å². The van der Waals surface area contributed by atoms with Crippen molar-refractivity contribution in [3.8, 4) is 17.1 Å². The van der Waals surface area contributed by atoms with Crippen molar-refractivity contribution >= 4 is 27.3 Å². The monoisotopic (exact) mass is 381 g/mol. The molecule has 0 spiro atoms. The van der Waals surface area contributed by atoms with Gasteiger partial charge in [0.1, 0.15) is 21.7 Å². The van der Waals surface area contributed by atoms with Crippen LogP contribution in [0.25, 0.3) is 27.4 Å². The Bertz CT molecular complexity index is 1130. The molecular formula is C18H19N7OS. The molecule has 9 heteroatoms. The average molecular weight is 381 g/mol. The fraction of sp³-hybridized carbons (Fsp3) is 0.389. The predicted octanol–water partition coefficient (Wildman–Crippen LogP) is 2.58. The van der Waals surface area contributed by atoms with E-state index in [4.69, 9.17) is 9.72 Å². The van der Waals surface area contributed by atoms with Gasteiger partial charge in [0.05, 0.1) is 13.3 Å². The lowest BCUT2D eigenvalue weighted by molar-refractivity contribution is 0.415. The van der Waals surface area contributed by atoms with Gasteiger partial charge in [-0.1, -0.05) is 0 Å². The molecule has 1 N–H and O–H groups in total. The van der Waals surface area contributed by atoms with Crippen molar-refractivity contribution in [3.05, 3.63) is 29.0 Å². The van der Waals surface area contributed by atoms with E-state index in [1.807, 2.05) is 13.0 Å². The number of hydrogen-bond donors (Lipinski definition) is 1. The lowest BCUT2D eigenvalue weighted by atomic mass is 9.96. The summed E-state index contributed by atoms with van der Waals surface area (Å²) in [6, 6.07) is 4.02. The molecule has 27 heavy (non-hydrogen) atoms. The van der Waals surface area contributed by atoms with E-state index in [0.717, 1.165) is 23.4 Å². The number of hydrogen-bond acceptors (Lipinski definition) is 8. The quantitative estimate of drug-likeness (QED) is 0.583. The summed E-state index contributed by atoms with van der Waals surface area (Å²) in [5.41, 5.74) is 2.91. The molecule has 0 aromatic carbocycles. The van der Waals surface area contributed by atoms with Crippen LogP contribution in [0.2, 0.25) is 0 Å². The molecule has 138 valence electrons. The van der Waals surface area contributed by atoms with Gasteiger partial charge in [-0.05, 0) is 44.8 Å². The summed E-state index contributed by atoms with van der Waals surface area (Å²) >= 11 is 1.74. The van der Waals surface area contributed by atoms with Gasteiger partial charge in [0.15, 0.2) is 11.6 Å². The van der Waals surface area contributed by atoms with Crippen LogP contribution in [0.15, 0.2) is 18.3 Å². The summed E-state index contributed by atoms with van der Waals surface area (Å²) in [7, 11) is 1.61. The molecule has 4 aromatic rings. The van der Waals surface area contributed by atoms with Crippen molar-refractivity contribution < 1.29 is 4.74 Å². The Morgan fingerprint density at radius 3 is 2.81 bits per heavy atom. The largest absolute Gasteiger partial charge is 0.493 e. The summed E-state index contributed by atoms with van der Waals surface area (Å²) in [6.07, 6.45) is 4.10. The van der Waals surface area contributed by atoms with E-state index >= 15 is 0 Å². The van der Waals surface area contributed by atoms with Gasteiger partial charge >= 0.3 is 0 Å². The Morgan fingerprint density at radius 1 is 1.15 bits per heavy atom. The summed E-state index contributed by atoms with van der Waals surface area (Å²) < 4.78 is 6.95. The van der Waals surface area contributed by atoms with Crippen LogP contribution in [0.1, 0.15) is 29.5 Å². The van der Waals surface area contributed by atoms with E-state index in [0.29, 0.717) is 34.5 Å². The fourth-order valence-electron chi connectivity index (χ4n) is 3.49. The van der Waals surface area contributed by atoms with Crippen LogP contribution in [0.4, 0.5) is 0 Å². The fourth-order valence-corrected chi connectivity index (χ4v) is 4.64. The minimum absolute atomic E-state index is 0.595. The highest BCUT2D eigenvalue weighted by molar-refractivity contribution is 7.18. The lowest BCUT2D eigenvalue weighted by Crippen LogP contribution is -2.26. The van der Waals surface area contributed by atoms with E-state index in [2.05, 4.69) is 31.5 Å². The highest BCUT2D eigenvalue weighted by Crippen LogP contribution is 2.34. The summed E-state index contributed by atoms with van der Waals surface area (Å²) in [5, 5.41) is 12.2. The molecule has 8 nitrogen and oxygen atoms in total. The average Bonchev–Trinajstić information content (AvgIpc) is 3.29. The second-order valence-corrected chi connectivity index (χ2v) is 7.75. The molecule has 0 radical (unpaired) electrons. The third kappa shape index (κ3) is 2.92. The summed E-state index contributed by atoms with van der Waals surface area (Å²) in [4.78, 5) is 16.1. The molecule has 0 saturated carbocycles. The highest BCUT2D eigenvalue weighted by Gasteiger charge is 2.19. The second kappa shape index (κ2) is 6.50. The molecule has 0 unspecified atom stereocenters. The number of rotatable bonds is 3. The van der Waals surface area contributed by atoms with Crippen LogP contribution in [0, 0.1) is 6.92 Å². The van der Waals surface area contributed by atoms with Crippen molar-refractivity contribution in [2.45, 2.75) is 25.7 Å². The molecule has 1 fully saturated rings. The van der Waals surface area contributed by atoms with Gasteiger partial charge in [-0.25, -0.2) is 9.97 Å². The minimum Gasteiger partial charge on any atom is -0.493 e. The Balaban J connectivity index is 1.57. The molecule has 0 amide bonds. The van der Waals surface area contributed by atoms with Gasteiger partial charge in [0.2, 0.25) is 5.65 Å². The molecule has 5 heterocycles. The number of methoxy groups -OCH3 is 1. The van der Waals surface area contributed by atoms with Crippen molar-refractivity contribution in [1.82, 2.24) is 35.1 Å². The molecule has 5 rings (SSSR count). The van der Waals surface area contributed by atoms with Gasteiger partial charge in [0, 0.05) is 10.9 Å². The number of aromatic nitrogens is 6. The maximum Gasteiger partial charge on any atom is 0.218 e. The first-order chi connectivity index (χ1) is 13.2. The number of thiophene rings is 1. The smallest absolute Gasteiger partial charge is 0.218 e. The number of piperidine rings is 1. The molecule has 4 aromatic heterocycles. The number of ether oxygens (including phenoxy) is 1. The summed E-state index contributed by atoms with van der Waals surface area (Å²) in [5.74, 6) is 1.86. The standard InChI is InChI=1S/C18H19N7OS/c1-10-21-17-15(26-2)7-12(24-25(17)23-10)14-9-20-13-8-16(27-18(13)22-14)11-3-5-19-6-4-11/h7-9,11,19H,3-6H2,1-2H3. The van der Waals surface area contributed by atoms with Crippen LogP contribution in [0.3, 0.4) is 0 Å². The number of aryl methyl sites for hydroxylation is 1. The normalized spacial score (nSPS) is 15.6. The maximum atomic E-state index is 5.46. The first-order valence-corrected chi connectivity index (χ1v) is 9.79. The van der Waals surface area contributed by atoms with Crippen molar-refractivity contribution in [3.63, 3.8) is 0 Å². The van der Waals surface area contributed by atoms with E-state index in [9.17, 15) is 0 Å². The van der Waals surface area contributed by atoms with Crippen LogP contribution >= 0.6 is 11.3 Å². The first kappa shape index (κ1) is 16.5. The second-order valence-electron chi connectivity index (χ2n) is 6.69. The third-order valence-corrected chi connectivity index (χ3v) is 6.05. The topological polar surface area (TPSA) is 90.1 Å². The van der Waals surface area contributed by atoms with Crippen LogP contribution in [-0.2, 0) is 0 Å². The maximum absolute atomic E-state index is 5.46. The van der Waals surface area contributed by atoms with Crippen LogP contribution in [0.5, 0.6) is 5.75 Å². The zero-order valence-corrected chi connectivity index (χ0v) is 16.0. The predicted molar refractivity (Wildman–Crippen MR) is 103 cm³/mol. The molecule has 0 bridgehead atoms. The van der Waals surface area contributed by atoms with Crippen LogP contribution in [-0.4, -0.2) is 50.0 Å². The lowest BCUT2D eigenvalue weighted by Gasteiger charge is -2.20. The Morgan fingerprint density at radius 2 is 2.00 bits per heavy atom. The molecule has 1 aliphatic rings. The number of fused-ring (bicyclic) bond motifs is 2. The zero-order chi connectivity index (χ0) is 18.4. The van der Waals surface area contributed by atoms with E-state index in [1.54, 1.807) is 24.6 Å². The molecule has 0 atom stereocenters. The molecule has 1 aliphatic heterocycles. The highest BCUT2D eigenvalue weighted by atomic mass is 32.1.